The fraction of sp³-hybridized carbons (Fsp3) is 0.583. The van der Waals surface area contributed by atoms with Crippen LogP contribution in [0.4, 0.5) is 0 Å². The zero-order valence-corrected chi connectivity index (χ0v) is 11.0. The van der Waals surface area contributed by atoms with Crippen molar-refractivity contribution in [3.8, 4) is 0 Å². The summed E-state index contributed by atoms with van der Waals surface area (Å²) >= 11 is 3.44. The van der Waals surface area contributed by atoms with Crippen LogP contribution in [-0.4, -0.2) is 18.1 Å². The lowest BCUT2D eigenvalue weighted by Gasteiger charge is -2.12. The normalized spacial score (nSPS) is 12.7. The molecule has 0 saturated carbocycles. The largest absolute Gasteiger partial charge is 0.317 e. The number of aromatic nitrogens is 1. The molecule has 1 rings (SSSR count). The quantitative estimate of drug-likeness (QED) is 0.859. The van der Waals surface area contributed by atoms with Crippen molar-refractivity contribution >= 4 is 15.9 Å². The molecule has 84 valence electrons. The number of halogens is 1. The van der Waals surface area contributed by atoms with E-state index in [-0.39, 0.29) is 0 Å². The molecule has 1 aromatic rings. The van der Waals surface area contributed by atoms with E-state index in [0.717, 1.165) is 10.9 Å². The van der Waals surface area contributed by atoms with Gasteiger partial charge in [-0.15, -0.1) is 0 Å². The number of rotatable bonds is 6. The molecule has 1 atom stereocenters. The van der Waals surface area contributed by atoms with Gasteiger partial charge in [0.1, 0.15) is 0 Å². The van der Waals surface area contributed by atoms with Crippen LogP contribution in [0.2, 0.25) is 0 Å². The lowest BCUT2D eigenvalue weighted by atomic mass is 10.0. The number of aryl methyl sites for hydroxylation is 1. The summed E-state index contributed by atoms with van der Waals surface area (Å²) in [6.45, 7) is 2.22. The summed E-state index contributed by atoms with van der Waals surface area (Å²) in [7, 11) is 2.04. The molecule has 0 fully saturated rings. The second-order valence-corrected chi connectivity index (χ2v) is 4.71. The molecule has 0 radical (unpaired) electrons. The van der Waals surface area contributed by atoms with Crippen molar-refractivity contribution in [1.29, 1.82) is 0 Å². The smallest absolute Gasteiger partial charge is 0.0410 e. The summed E-state index contributed by atoms with van der Waals surface area (Å²) in [4.78, 5) is 4.16. The second-order valence-electron chi connectivity index (χ2n) is 3.80. The maximum absolute atomic E-state index is 4.16. The Morgan fingerprint density at radius 2 is 2.27 bits per heavy atom. The summed E-state index contributed by atoms with van der Waals surface area (Å²) in [5.41, 5.74) is 1.32. The molecule has 0 saturated heterocycles. The van der Waals surface area contributed by atoms with E-state index in [1.54, 1.807) is 0 Å². The standard InChI is InChI=1S/C12H19BrN2/c1-3-12(14-2)6-4-5-10-7-11(13)9-15-8-10/h7-9,12,14H,3-6H2,1-2H3. The monoisotopic (exact) mass is 270 g/mol. The Morgan fingerprint density at radius 1 is 1.47 bits per heavy atom. The van der Waals surface area contributed by atoms with Crippen molar-refractivity contribution in [3.63, 3.8) is 0 Å². The van der Waals surface area contributed by atoms with E-state index in [2.05, 4.69) is 39.2 Å². The maximum atomic E-state index is 4.16. The molecule has 15 heavy (non-hydrogen) atoms. The van der Waals surface area contributed by atoms with Crippen molar-refractivity contribution in [2.24, 2.45) is 0 Å². The van der Waals surface area contributed by atoms with Crippen LogP contribution in [0.5, 0.6) is 0 Å². The predicted molar refractivity (Wildman–Crippen MR) is 68.0 cm³/mol. The molecule has 0 aromatic carbocycles. The number of hydrogen-bond donors (Lipinski definition) is 1. The molecular weight excluding hydrogens is 252 g/mol. The molecule has 0 aliphatic carbocycles. The zero-order chi connectivity index (χ0) is 11.1. The lowest BCUT2D eigenvalue weighted by Crippen LogP contribution is -2.23. The Kier molecular flexibility index (Phi) is 5.88. The SMILES string of the molecule is CCC(CCCc1cncc(Br)c1)NC. The van der Waals surface area contributed by atoms with Crippen molar-refractivity contribution in [3.05, 3.63) is 28.5 Å². The fourth-order valence-electron chi connectivity index (χ4n) is 1.70. The number of hydrogen-bond acceptors (Lipinski definition) is 2. The van der Waals surface area contributed by atoms with Gasteiger partial charge in [-0.3, -0.25) is 4.98 Å². The van der Waals surface area contributed by atoms with Crippen LogP contribution in [0.15, 0.2) is 22.9 Å². The van der Waals surface area contributed by atoms with Crippen LogP contribution in [0, 0.1) is 0 Å². The average molecular weight is 271 g/mol. The first-order valence-corrected chi connectivity index (χ1v) is 6.32. The topological polar surface area (TPSA) is 24.9 Å². The first-order valence-electron chi connectivity index (χ1n) is 5.53. The highest BCUT2D eigenvalue weighted by atomic mass is 79.9. The Labute approximate surface area is 101 Å². The highest BCUT2D eigenvalue weighted by molar-refractivity contribution is 9.10. The first kappa shape index (κ1) is 12.7. The van der Waals surface area contributed by atoms with Gasteiger partial charge in [-0.25, -0.2) is 0 Å². The second kappa shape index (κ2) is 6.96. The third-order valence-corrected chi connectivity index (χ3v) is 3.11. The van der Waals surface area contributed by atoms with E-state index >= 15 is 0 Å². The van der Waals surface area contributed by atoms with Crippen LogP contribution in [-0.2, 0) is 6.42 Å². The van der Waals surface area contributed by atoms with Crippen molar-refractivity contribution in [2.75, 3.05) is 7.05 Å². The number of pyridine rings is 1. The molecule has 1 aromatic heterocycles. The van der Waals surface area contributed by atoms with Gasteiger partial charge in [-0.05, 0) is 60.3 Å². The van der Waals surface area contributed by atoms with E-state index in [0.29, 0.717) is 6.04 Å². The summed E-state index contributed by atoms with van der Waals surface area (Å²) in [6, 6.07) is 2.80. The molecule has 3 heteroatoms. The lowest BCUT2D eigenvalue weighted by molar-refractivity contribution is 0.491. The van der Waals surface area contributed by atoms with E-state index < -0.39 is 0 Å². The van der Waals surface area contributed by atoms with E-state index in [1.807, 2.05) is 19.4 Å². The third-order valence-electron chi connectivity index (χ3n) is 2.68. The Morgan fingerprint density at radius 3 is 2.87 bits per heavy atom. The minimum atomic E-state index is 0.658. The number of nitrogens with one attached hydrogen (secondary N) is 1. The number of nitrogens with zero attached hydrogens (tertiary/aromatic N) is 1. The van der Waals surface area contributed by atoms with Gasteiger partial charge < -0.3 is 5.32 Å². The molecule has 0 spiro atoms. The summed E-state index contributed by atoms with van der Waals surface area (Å²) < 4.78 is 1.07. The summed E-state index contributed by atoms with van der Waals surface area (Å²) in [6.07, 6.45) is 8.55. The van der Waals surface area contributed by atoms with Crippen molar-refractivity contribution in [1.82, 2.24) is 10.3 Å². The highest BCUT2D eigenvalue weighted by Gasteiger charge is 2.02. The maximum Gasteiger partial charge on any atom is 0.0410 e. The predicted octanol–water partition coefficient (Wildman–Crippen LogP) is 3.16. The van der Waals surface area contributed by atoms with Gasteiger partial charge in [0.05, 0.1) is 0 Å². The average Bonchev–Trinajstić information content (AvgIpc) is 2.25. The minimum Gasteiger partial charge on any atom is -0.317 e. The molecule has 0 bridgehead atoms. The zero-order valence-electron chi connectivity index (χ0n) is 9.46. The Bertz CT molecular complexity index is 285. The molecule has 0 amide bonds. The molecule has 1 heterocycles. The van der Waals surface area contributed by atoms with Crippen molar-refractivity contribution in [2.45, 2.75) is 38.6 Å². The molecule has 1 N–H and O–H groups in total. The fourth-order valence-corrected chi connectivity index (χ4v) is 2.11. The van der Waals surface area contributed by atoms with Gasteiger partial charge in [-0.2, -0.15) is 0 Å². The van der Waals surface area contributed by atoms with Crippen LogP contribution >= 0.6 is 15.9 Å². The Hall–Kier alpha value is -0.410. The summed E-state index contributed by atoms with van der Waals surface area (Å²) in [5, 5.41) is 3.32. The molecule has 2 nitrogen and oxygen atoms in total. The van der Waals surface area contributed by atoms with E-state index in [9.17, 15) is 0 Å². The van der Waals surface area contributed by atoms with E-state index in [4.69, 9.17) is 0 Å². The van der Waals surface area contributed by atoms with Gasteiger partial charge >= 0.3 is 0 Å². The Balaban J connectivity index is 2.31. The van der Waals surface area contributed by atoms with Gasteiger partial charge in [0, 0.05) is 22.9 Å². The van der Waals surface area contributed by atoms with Gasteiger partial charge in [0.25, 0.3) is 0 Å². The molecule has 0 aliphatic heterocycles. The molecular formula is C12H19BrN2. The third kappa shape index (κ3) is 4.76. The molecule has 0 aliphatic rings. The van der Waals surface area contributed by atoms with E-state index in [1.165, 1.54) is 24.8 Å². The van der Waals surface area contributed by atoms with Gasteiger partial charge in [0.2, 0.25) is 0 Å². The van der Waals surface area contributed by atoms with Crippen LogP contribution < -0.4 is 5.32 Å². The highest BCUT2D eigenvalue weighted by Crippen LogP contribution is 2.12. The van der Waals surface area contributed by atoms with Gasteiger partial charge in [0.15, 0.2) is 0 Å². The van der Waals surface area contributed by atoms with Gasteiger partial charge in [-0.1, -0.05) is 6.92 Å². The van der Waals surface area contributed by atoms with Crippen LogP contribution in [0.25, 0.3) is 0 Å². The molecule has 1 unspecified atom stereocenters. The van der Waals surface area contributed by atoms with Crippen molar-refractivity contribution < 1.29 is 0 Å². The van der Waals surface area contributed by atoms with Crippen LogP contribution in [0.1, 0.15) is 31.7 Å². The van der Waals surface area contributed by atoms with Crippen LogP contribution in [0.3, 0.4) is 0 Å². The summed E-state index contributed by atoms with van der Waals surface area (Å²) in [5.74, 6) is 0. The first-order chi connectivity index (χ1) is 7.26. The minimum absolute atomic E-state index is 0.658.